The van der Waals surface area contributed by atoms with Crippen LogP contribution in [0.1, 0.15) is 80.9 Å². The number of likely N-dealkylation sites (tertiary alicyclic amines) is 2. The molecule has 9 rings (SSSR count). The Kier molecular flexibility index (Phi) is 12.4. The lowest BCUT2D eigenvalue weighted by Gasteiger charge is -2.32. The summed E-state index contributed by atoms with van der Waals surface area (Å²) in [4.78, 5) is 73.5. The summed E-state index contributed by atoms with van der Waals surface area (Å²) in [6.45, 7) is 7.11. The highest BCUT2D eigenvalue weighted by molar-refractivity contribution is 14.1. The predicted molar refractivity (Wildman–Crippen MR) is 251 cm³/mol. The van der Waals surface area contributed by atoms with E-state index in [1.165, 1.54) is 30.1 Å². The number of aromatic nitrogens is 4. The minimum Gasteiger partial charge on any atom is -0.488 e. The molecule has 16 nitrogen and oxygen atoms in total. The first-order valence-corrected chi connectivity index (χ1v) is 22.7. The van der Waals surface area contributed by atoms with Crippen LogP contribution in [0.25, 0.3) is 44.2 Å². The third kappa shape index (κ3) is 8.46. The number of carbonyl (C=O) groups is 4. The predicted octanol–water partition coefficient (Wildman–Crippen LogP) is 8.45. The van der Waals surface area contributed by atoms with Gasteiger partial charge in [-0.2, -0.15) is 0 Å². The van der Waals surface area contributed by atoms with Gasteiger partial charge in [0.25, 0.3) is 5.91 Å². The number of benzene rings is 4. The molecule has 0 radical (unpaired) electrons. The average Bonchev–Trinajstić information content (AvgIpc) is 4.15. The molecule has 4 amide bonds. The van der Waals surface area contributed by atoms with Gasteiger partial charge in [-0.15, -0.1) is 0 Å². The molecule has 1 unspecified atom stereocenters. The first-order chi connectivity index (χ1) is 31.5. The van der Waals surface area contributed by atoms with Gasteiger partial charge in [-0.3, -0.25) is 9.59 Å². The molecule has 4 N–H and O–H groups in total. The van der Waals surface area contributed by atoms with Gasteiger partial charge in [-0.05, 0) is 84.0 Å². The lowest BCUT2D eigenvalue weighted by Crippen LogP contribution is -2.52. The first-order valence-electron chi connectivity index (χ1n) is 21.8. The summed E-state index contributed by atoms with van der Waals surface area (Å²) in [6, 6.07) is 21.3. The number of nitrogens with zero attached hydrogens (tertiary/aromatic N) is 4. The molecule has 0 spiro atoms. The number of hydrogen-bond acceptors (Lipinski definition) is 10. The second-order valence-electron chi connectivity index (χ2n) is 17.5. The SMILES string of the molecule is COC[C@H]1C[C@@H](c2ncc(-c3ccc4c(c3)COc3cc5c(ccc6[nH]c([C@@H]7CC[C@H](C)N7C(=O)C(NC(=O)OI)C(C)C)nc65)cc3-4)[nH]2)N(C(=O)[C@H](NC(=O)OC)c2ccccc2)C1. The molecule has 0 bridgehead atoms. The standard InChI is InChI=1S/C48H51IN8O8/c1-25(2)40(54-48(61)65-49)46(59)57-26(3)11-16-37(57)44-51-35-15-13-29-19-34-32-14-12-30(18-31(32)24-64-39(34)20-33(29)42(35)53-44)36-21-50-43(52-36)38-17-27(23-62-4)22-56(38)45(58)41(55-47(60)63-5)28-9-7-6-8-10-28/h6-10,12-15,18-21,25-27,37-38,40-41H,11,16-17,22-24H2,1-5H3,(H,50,52)(H,51,53)(H,54,61)(H,55,60)/t26-,27-,37-,38-,40?,41+/m0/s1. The number of fused-ring (bicyclic) bond motifs is 6. The van der Waals surface area contributed by atoms with Crippen LogP contribution in [-0.2, 0) is 28.7 Å². The van der Waals surface area contributed by atoms with Crippen molar-refractivity contribution in [1.29, 1.82) is 0 Å². The molecule has 0 aliphatic carbocycles. The Morgan fingerprint density at radius 1 is 0.908 bits per heavy atom. The van der Waals surface area contributed by atoms with Crippen LogP contribution in [0.4, 0.5) is 9.59 Å². The topological polar surface area (TPSA) is 193 Å². The van der Waals surface area contributed by atoms with Gasteiger partial charge in [-0.1, -0.05) is 62.4 Å². The smallest absolute Gasteiger partial charge is 0.417 e. The molecule has 338 valence electrons. The van der Waals surface area contributed by atoms with Gasteiger partial charge in [0.05, 0.1) is 48.7 Å². The van der Waals surface area contributed by atoms with E-state index >= 15 is 0 Å². The quantitative estimate of drug-likeness (QED) is 0.0916. The first kappa shape index (κ1) is 44.0. The number of carbonyl (C=O) groups excluding carboxylic acids is 4. The van der Waals surface area contributed by atoms with Crippen molar-refractivity contribution in [1.82, 2.24) is 40.4 Å². The van der Waals surface area contributed by atoms with Gasteiger partial charge in [0.1, 0.15) is 36.1 Å². The number of halogens is 1. The number of amides is 4. The zero-order chi connectivity index (χ0) is 45.5. The van der Waals surface area contributed by atoms with Crippen molar-refractivity contribution in [3.8, 4) is 28.1 Å². The summed E-state index contributed by atoms with van der Waals surface area (Å²) >= 11 is 1.52. The van der Waals surface area contributed by atoms with Crippen molar-refractivity contribution in [2.75, 3.05) is 27.4 Å². The van der Waals surface area contributed by atoms with E-state index in [-0.39, 0.29) is 41.8 Å². The summed E-state index contributed by atoms with van der Waals surface area (Å²) in [5.74, 6) is 1.60. The second kappa shape index (κ2) is 18.3. The molecule has 2 saturated heterocycles. The number of nitrogens with one attached hydrogen (secondary N) is 4. The van der Waals surface area contributed by atoms with E-state index < -0.39 is 24.3 Å². The number of rotatable bonds is 11. The number of H-pyrrole nitrogens is 2. The molecule has 65 heavy (non-hydrogen) atoms. The normalized spacial score (nSPS) is 20.0. The zero-order valence-corrected chi connectivity index (χ0v) is 38.9. The van der Waals surface area contributed by atoms with E-state index in [1.54, 1.807) is 18.2 Å². The minimum atomic E-state index is -0.948. The third-order valence-electron chi connectivity index (χ3n) is 13.0. The van der Waals surface area contributed by atoms with Crippen LogP contribution in [0, 0.1) is 11.8 Å². The average molecular weight is 995 g/mol. The maximum atomic E-state index is 14.3. The fraction of sp³-hybridized carbons (Fsp3) is 0.375. The van der Waals surface area contributed by atoms with Gasteiger partial charge in [0.2, 0.25) is 5.91 Å². The Bertz CT molecular complexity index is 2780. The number of alkyl carbamates (subject to hydrolysis) is 1. The van der Waals surface area contributed by atoms with Crippen molar-refractivity contribution in [3.63, 3.8) is 0 Å². The largest absolute Gasteiger partial charge is 0.488 e. The Morgan fingerprint density at radius 2 is 1.72 bits per heavy atom. The molecule has 2 fully saturated rings. The summed E-state index contributed by atoms with van der Waals surface area (Å²) in [5, 5.41) is 7.41. The Hall–Kier alpha value is -6.21. The third-order valence-corrected chi connectivity index (χ3v) is 13.4. The van der Waals surface area contributed by atoms with E-state index in [9.17, 15) is 19.2 Å². The van der Waals surface area contributed by atoms with Crippen molar-refractivity contribution in [2.24, 2.45) is 11.8 Å². The van der Waals surface area contributed by atoms with E-state index in [0.29, 0.717) is 43.4 Å². The van der Waals surface area contributed by atoms with Crippen molar-refractivity contribution >= 4 is 68.8 Å². The molecular weight excluding hydrogens is 943 g/mol. The molecule has 3 aliphatic rings. The molecule has 0 saturated carbocycles. The van der Waals surface area contributed by atoms with E-state index in [4.69, 9.17) is 27.2 Å². The zero-order valence-electron chi connectivity index (χ0n) is 36.7. The number of imidazole rings is 2. The summed E-state index contributed by atoms with van der Waals surface area (Å²) in [5.41, 5.74) is 7.09. The molecule has 4 aromatic carbocycles. The summed E-state index contributed by atoms with van der Waals surface area (Å²) in [7, 11) is 2.93. The molecule has 6 aromatic rings. The highest BCUT2D eigenvalue weighted by Crippen LogP contribution is 2.44. The molecule has 6 atom stereocenters. The maximum absolute atomic E-state index is 14.3. The Labute approximate surface area is 389 Å². The molecular formula is C48H51IN8O8. The van der Waals surface area contributed by atoms with Crippen LogP contribution in [0.2, 0.25) is 0 Å². The van der Waals surface area contributed by atoms with Crippen LogP contribution in [0.3, 0.4) is 0 Å². The van der Waals surface area contributed by atoms with Crippen LogP contribution in [-0.4, -0.2) is 93.2 Å². The van der Waals surface area contributed by atoms with Crippen molar-refractivity contribution in [2.45, 2.75) is 76.8 Å². The molecule has 3 aliphatic heterocycles. The summed E-state index contributed by atoms with van der Waals surface area (Å²) in [6.07, 6.45) is 2.63. The van der Waals surface area contributed by atoms with Crippen molar-refractivity contribution < 1.29 is 36.5 Å². The van der Waals surface area contributed by atoms with E-state index in [1.807, 2.05) is 62.1 Å². The Balaban J connectivity index is 0.974. The minimum absolute atomic E-state index is 0.0360. The van der Waals surface area contributed by atoms with E-state index in [2.05, 4.69) is 57.0 Å². The maximum Gasteiger partial charge on any atom is 0.417 e. The van der Waals surface area contributed by atoms with Crippen LogP contribution in [0.5, 0.6) is 5.75 Å². The lowest BCUT2D eigenvalue weighted by atomic mass is 9.92. The number of methoxy groups -OCH3 is 2. The monoisotopic (exact) mass is 994 g/mol. The van der Waals surface area contributed by atoms with Crippen LogP contribution < -0.4 is 15.4 Å². The Morgan fingerprint density at radius 3 is 2.48 bits per heavy atom. The number of hydrogen-bond donors (Lipinski definition) is 4. The van der Waals surface area contributed by atoms with Gasteiger partial charge >= 0.3 is 12.2 Å². The van der Waals surface area contributed by atoms with Gasteiger partial charge in [-0.25, -0.2) is 19.6 Å². The molecule has 17 heteroatoms. The molecule has 5 heterocycles. The highest BCUT2D eigenvalue weighted by Gasteiger charge is 2.43. The van der Waals surface area contributed by atoms with E-state index in [0.717, 1.165) is 68.3 Å². The summed E-state index contributed by atoms with van der Waals surface area (Å²) < 4.78 is 21.7. The lowest BCUT2D eigenvalue weighted by molar-refractivity contribution is -0.137. The fourth-order valence-electron chi connectivity index (χ4n) is 9.79. The fourth-order valence-corrected chi connectivity index (χ4v) is 9.92. The second-order valence-corrected chi connectivity index (χ2v) is 17.9. The van der Waals surface area contributed by atoms with Gasteiger partial charge in [0.15, 0.2) is 23.0 Å². The van der Waals surface area contributed by atoms with Gasteiger partial charge < -0.3 is 47.7 Å². The van der Waals surface area contributed by atoms with Gasteiger partial charge in [0, 0.05) is 36.6 Å². The number of aromatic amines is 2. The van der Waals surface area contributed by atoms with Crippen molar-refractivity contribution in [3.05, 3.63) is 102 Å². The van der Waals surface area contributed by atoms with Crippen LogP contribution >= 0.6 is 23.0 Å². The molecule has 2 aromatic heterocycles. The van der Waals surface area contributed by atoms with Crippen LogP contribution in [0.15, 0.2) is 79.0 Å². The highest BCUT2D eigenvalue weighted by atomic mass is 127. The number of ether oxygens (including phenoxy) is 3.